The molecule has 3 unspecified atom stereocenters. The van der Waals surface area contributed by atoms with Gasteiger partial charge in [-0.05, 0) is 25.2 Å². The van der Waals surface area contributed by atoms with Gasteiger partial charge in [-0.2, -0.15) is 0 Å². The van der Waals surface area contributed by atoms with Crippen LogP contribution >= 0.6 is 0 Å². The number of rotatable bonds is 25. The van der Waals surface area contributed by atoms with E-state index in [0.717, 1.165) is 45.1 Å². The number of unbranched alkanes of at least 4 members (excludes halogenated alkanes) is 12. The predicted molar refractivity (Wildman–Crippen MR) is 147 cm³/mol. The summed E-state index contributed by atoms with van der Waals surface area (Å²) in [4.78, 5) is 15.4. The molecule has 0 aliphatic heterocycles. The highest BCUT2D eigenvalue weighted by atomic mass is 16.3. The van der Waals surface area contributed by atoms with Crippen LogP contribution in [0.5, 0.6) is 0 Å². The molecule has 0 radical (unpaired) electrons. The van der Waals surface area contributed by atoms with E-state index < -0.39 is 6.10 Å². The Morgan fingerprint density at radius 2 is 1.15 bits per heavy atom. The summed E-state index contributed by atoms with van der Waals surface area (Å²) in [5.74, 6) is 0.742. The summed E-state index contributed by atoms with van der Waals surface area (Å²) in [6.07, 6.45) is 22.3. The third-order valence-corrected chi connectivity index (χ3v) is 7.37. The molecule has 0 fully saturated rings. The molecule has 2 N–H and O–H groups in total. The van der Waals surface area contributed by atoms with E-state index in [0.29, 0.717) is 5.92 Å². The lowest BCUT2D eigenvalue weighted by Crippen LogP contribution is -2.44. The summed E-state index contributed by atoms with van der Waals surface area (Å²) in [6.45, 7) is 9.58. The Labute approximate surface area is 213 Å². The summed E-state index contributed by atoms with van der Waals surface area (Å²) >= 11 is 0. The summed E-state index contributed by atoms with van der Waals surface area (Å²) in [5.41, 5.74) is 0. The number of amides is 1. The second kappa shape index (κ2) is 24.1. The molecule has 34 heavy (non-hydrogen) atoms. The Bertz CT molecular complexity index is 443. The van der Waals surface area contributed by atoms with E-state index in [1.54, 1.807) is 0 Å². The standard InChI is InChI=1S/C30H61NO3/c1-5-9-11-13-15-16-17-19-22-27(8-4)24-31(25-29(33)26-32)30(34)28(21-7-3)23-20-18-14-12-10-6-2/h27-29,32-33H,5-26H2,1-4H3. The van der Waals surface area contributed by atoms with Gasteiger partial charge >= 0.3 is 0 Å². The molecule has 3 atom stereocenters. The molecule has 1 amide bonds. The molecule has 0 aliphatic carbocycles. The van der Waals surface area contributed by atoms with Crippen LogP contribution in [-0.2, 0) is 4.79 Å². The quantitative estimate of drug-likeness (QED) is 0.130. The molecule has 4 nitrogen and oxygen atoms in total. The highest BCUT2D eigenvalue weighted by Gasteiger charge is 2.26. The SMILES string of the molecule is CCCCCCCCCCC(CC)CN(CC(O)CO)C(=O)C(CCC)CCCCCCCC. The zero-order valence-corrected chi connectivity index (χ0v) is 23.5. The number of carbonyl (C=O) groups excluding carboxylic acids is 1. The van der Waals surface area contributed by atoms with Crippen molar-refractivity contribution in [2.45, 2.75) is 156 Å². The number of carbonyl (C=O) groups is 1. The molecule has 4 heteroatoms. The lowest BCUT2D eigenvalue weighted by atomic mass is 9.92. The van der Waals surface area contributed by atoms with Gasteiger partial charge in [0.25, 0.3) is 0 Å². The lowest BCUT2D eigenvalue weighted by Gasteiger charge is -2.32. The van der Waals surface area contributed by atoms with Crippen molar-refractivity contribution in [3.05, 3.63) is 0 Å². The zero-order valence-electron chi connectivity index (χ0n) is 23.5. The summed E-state index contributed by atoms with van der Waals surface area (Å²) < 4.78 is 0. The molecule has 0 heterocycles. The second-order valence-electron chi connectivity index (χ2n) is 10.7. The van der Waals surface area contributed by atoms with Gasteiger partial charge in [-0.15, -0.1) is 0 Å². The summed E-state index contributed by atoms with van der Waals surface area (Å²) in [7, 11) is 0. The Morgan fingerprint density at radius 3 is 1.62 bits per heavy atom. The van der Waals surface area contributed by atoms with Crippen molar-refractivity contribution in [1.82, 2.24) is 4.90 Å². The first-order chi connectivity index (χ1) is 16.5. The monoisotopic (exact) mass is 483 g/mol. The van der Waals surface area contributed by atoms with Crippen molar-refractivity contribution in [3.8, 4) is 0 Å². The molecule has 0 spiro atoms. The fourth-order valence-electron chi connectivity index (χ4n) is 5.04. The Balaban J connectivity index is 4.73. The Morgan fingerprint density at radius 1 is 0.647 bits per heavy atom. The first-order valence-electron chi connectivity index (χ1n) is 15.1. The van der Waals surface area contributed by atoms with E-state index in [1.807, 2.05) is 4.90 Å². The minimum Gasteiger partial charge on any atom is -0.394 e. The van der Waals surface area contributed by atoms with E-state index >= 15 is 0 Å². The van der Waals surface area contributed by atoms with Crippen molar-refractivity contribution in [1.29, 1.82) is 0 Å². The van der Waals surface area contributed by atoms with Crippen LogP contribution in [-0.4, -0.2) is 46.8 Å². The largest absolute Gasteiger partial charge is 0.394 e. The lowest BCUT2D eigenvalue weighted by molar-refractivity contribution is -0.138. The molecular formula is C30H61NO3. The molecule has 0 saturated heterocycles. The molecule has 0 aliphatic rings. The van der Waals surface area contributed by atoms with Crippen LogP contribution < -0.4 is 0 Å². The van der Waals surface area contributed by atoms with Crippen LogP contribution in [0.3, 0.4) is 0 Å². The van der Waals surface area contributed by atoms with Gasteiger partial charge in [-0.3, -0.25) is 4.79 Å². The number of nitrogens with zero attached hydrogens (tertiary/aromatic N) is 1. The van der Waals surface area contributed by atoms with E-state index in [9.17, 15) is 15.0 Å². The van der Waals surface area contributed by atoms with Gasteiger partial charge in [0, 0.05) is 19.0 Å². The first kappa shape index (κ1) is 33.4. The zero-order chi connectivity index (χ0) is 25.4. The van der Waals surface area contributed by atoms with Gasteiger partial charge in [0.05, 0.1) is 12.7 Å². The van der Waals surface area contributed by atoms with Crippen LogP contribution in [0.1, 0.15) is 150 Å². The molecular weight excluding hydrogens is 422 g/mol. The minimum atomic E-state index is -0.846. The maximum Gasteiger partial charge on any atom is 0.225 e. The third-order valence-electron chi connectivity index (χ3n) is 7.37. The fraction of sp³-hybridized carbons (Fsp3) is 0.967. The van der Waals surface area contributed by atoms with Gasteiger partial charge in [0.1, 0.15) is 0 Å². The van der Waals surface area contributed by atoms with E-state index in [4.69, 9.17) is 0 Å². The highest BCUT2D eigenvalue weighted by Crippen LogP contribution is 2.23. The molecule has 0 aromatic rings. The van der Waals surface area contributed by atoms with Crippen LogP contribution in [0.4, 0.5) is 0 Å². The molecule has 0 aromatic heterocycles. The minimum absolute atomic E-state index is 0.0581. The van der Waals surface area contributed by atoms with Crippen LogP contribution in [0, 0.1) is 11.8 Å². The van der Waals surface area contributed by atoms with Crippen molar-refractivity contribution < 1.29 is 15.0 Å². The number of aliphatic hydroxyl groups is 2. The van der Waals surface area contributed by atoms with Crippen molar-refractivity contribution in [2.24, 2.45) is 11.8 Å². The topological polar surface area (TPSA) is 60.8 Å². The van der Waals surface area contributed by atoms with E-state index in [1.165, 1.54) is 83.5 Å². The summed E-state index contributed by atoms with van der Waals surface area (Å²) in [6, 6.07) is 0. The fourth-order valence-corrected chi connectivity index (χ4v) is 5.04. The van der Waals surface area contributed by atoms with Crippen LogP contribution in [0.25, 0.3) is 0 Å². The predicted octanol–water partition coefficient (Wildman–Crippen LogP) is 7.89. The van der Waals surface area contributed by atoms with E-state index in [2.05, 4.69) is 27.7 Å². The maximum atomic E-state index is 13.5. The highest BCUT2D eigenvalue weighted by molar-refractivity contribution is 5.78. The van der Waals surface area contributed by atoms with Crippen molar-refractivity contribution in [2.75, 3.05) is 19.7 Å². The molecule has 0 saturated carbocycles. The molecule has 0 bridgehead atoms. The summed E-state index contributed by atoms with van der Waals surface area (Å²) in [5, 5.41) is 19.6. The van der Waals surface area contributed by atoms with Gasteiger partial charge in [0.2, 0.25) is 5.91 Å². The average molecular weight is 484 g/mol. The third kappa shape index (κ3) is 17.8. The Hall–Kier alpha value is -0.610. The van der Waals surface area contributed by atoms with Gasteiger partial charge < -0.3 is 15.1 Å². The maximum absolute atomic E-state index is 13.5. The van der Waals surface area contributed by atoms with Crippen molar-refractivity contribution >= 4 is 5.91 Å². The van der Waals surface area contributed by atoms with Gasteiger partial charge in [-0.1, -0.05) is 130 Å². The van der Waals surface area contributed by atoms with Gasteiger partial charge in [0.15, 0.2) is 0 Å². The molecule has 0 aromatic carbocycles. The first-order valence-corrected chi connectivity index (χ1v) is 15.1. The van der Waals surface area contributed by atoms with Crippen molar-refractivity contribution in [3.63, 3.8) is 0 Å². The van der Waals surface area contributed by atoms with Crippen LogP contribution in [0.15, 0.2) is 0 Å². The van der Waals surface area contributed by atoms with Gasteiger partial charge in [-0.25, -0.2) is 0 Å². The normalized spacial score (nSPS) is 14.2. The Kier molecular flexibility index (Phi) is 23.7. The number of hydrogen-bond donors (Lipinski definition) is 2. The second-order valence-corrected chi connectivity index (χ2v) is 10.7. The van der Waals surface area contributed by atoms with Crippen LogP contribution in [0.2, 0.25) is 0 Å². The smallest absolute Gasteiger partial charge is 0.225 e. The molecule has 0 rings (SSSR count). The molecule has 204 valence electrons. The number of aliphatic hydroxyl groups excluding tert-OH is 2. The average Bonchev–Trinajstić information content (AvgIpc) is 2.85. The van der Waals surface area contributed by atoms with E-state index in [-0.39, 0.29) is 25.0 Å². The number of hydrogen-bond acceptors (Lipinski definition) is 3.